The quantitative estimate of drug-likeness (QED) is 0.882. The molecule has 128 valence electrons. The number of pyridine rings is 1. The van der Waals surface area contributed by atoms with Gasteiger partial charge in [-0.1, -0.05) is 18.1 Å². The molecule has 0 bridgehead atoms. The fourth-order valence-electron chi connectivity index (χ4n) is 3.08. The third kappa shape index (κ3) is 4.20. The molecule has 1 fully saturated rings. The number of nitrogens with one attached hydrogen (secondary N) is 1. The van der Waals surface area contributed by atoms with Crippen molar-refractivity contribution in [3.63, 3.8) is 0 Å². The summed E-state index contributed by atoms with van der Waals surface area (Å²) in [6.45, 7) is 5.49. The van der Waals surface area contributed by atoms with Gasteiger partial charge in [-0.25, -0.2) is 0 Å². The van der Waals surface area contributed by atoms with Crippen molar-refractivity contribution in [2.75, 3.05) is 19.6 Å². The van der Waals surface area contributed by atoms with Gasteiger partial charge in [-0.2, -0.15) is 0 Å². The van der Waals surface area contributed by atoms with Gasteiger partial charge in [0.15, 0.2) is 0 Å². The first-order valence-corrected chi connectivity index (χ1v) is 8.63. The second-order valence-corrected chi connectivity index (χ2v) is 6.27. The minimum absolute atomic E-state index is 0.184. The summed E-state index contributed by atoms with van der Waals surface area (Å²) >= 11 is 0. The standard InChI is InChI=1S/C18H24N4O2/c1-2-8-20-18(23)17-11-16(21-24-17)14-6-5-10-22(12-14)13-15-7-3-4-9-19-15/h3-4,7,9,11,14H,2,5-6,8,10,12-13H2,1H3,(H,20,23)/t14-/m0/s1. The van der Waals surface area contributed by atoms with E-state index in [9.17, 15) is 4.79 Å². The maximum atomic E-state index is 11.9. The van der Waals surface area contributed by atoms with E-state index in [-0.39, 0.29) is 5.91 Å². The lowest BCUT2D eigenvalue weighted by atomic mass is 9.94. The highest BCUT2D eigenvalue weighted by Gasteiger charge is 2.25. The van der Waals surface area contributed by atoms with Crippen LogP contribution in [0, 0.1) is 0 Å². The number of hydrogen-bond donors (Lipinski definition) is 1. The maximum Gasteiger partial charge on any atom is 0.289 e. The fourth-order valence-corrected chi connectivity index (χ4v) is 3.08. The fraction of sp³-hybridized carbons (Fsp3) is 0.500. The van der Waals surface area contributed by atoms with Crippen LogP contribution in [0.25, 0.3) is 0 Å². The predicted molar refractivity (Wildman–Crippen MR) is 90.6 cm³/mol. The Labute approximate surface area is 142 Å². The number of amides is 1. The third-order valence-electron chi connectivity index (χ3n) is 4.32. The molecule has 3 rings (SSSR count). The summed E-state index contributed by atoms with van der Waals surface area (Å²) in [4.78, 5) is 18.7. The Bertz CT molecular complexity index is 656. The Balaban J connectivity index is 1.60. The first-order valence-electron chi connectivity index (χ1n) is 8.63. The summed E-state index contributed by atoms with van der Waals surface area (Å²) < 4.78 is 5.24. The first-order chi connectivity index (χ1) is 11.8. The van der Waals surface area contributed by atoms with Crippen molar-refractivity contribution in [3.05, 3.63) is 47.6 Å². The van der Waals surface area contributed by atoms with Crippen LogP contribution in [-0.2, 0) is 6.54 Å². The van der Waals surface area contributed by atoms with Gasteiger partial charge in [0.05, 0.1) is 11.4 Å². The Kier molecular flexibility index (Phi) is 5.59. The molecule has 2 aromatic rings. The van der Waals surface area contributed by atoms with E-state index in [2.05, 4.69) is 26.4 Å². The Morgan fingerprint density at radius 3 is 3.17 bits per heavy atom. The molecular weight excluding hydrogens is 304 g/mol. The van der Waals surface area contributed by atoms with Gasteiger partial charge in [0.1, 0.15) is 0 Å². The summed E-state index contributed by atoms with van der Waals surface area (Å²) in [5.41, 5.74) is 1.96. The average molecular weight is 328 g/mol. The molecule has 6 nitrogen and oxygen atoms in total. The van der Waals surface area contributed by atoms with Crippen LogP contribution in [0.5, 0.6) is 0 Å². The van der Waals surface area contributed by atoms with Gasteiger partial charge < -0.3 is 9.84 Å². The highest BCUT2D eigenvalue weighted by Crippen LogP contribution is 2.27. The van der Waals surface area contributed by atoms with Crippen molar-refractivity contribution < 1.29 is 9.32 Å². The number of rotatable bonds is 6. The number of carbonyl (C=O) groups excluding carboxylic acids is 1. The van der Waals surface area contributed by atoms with Crippen molar-refractivity contribution in [2.24, 2.45) is 0 Å². The van der Waals surface area contributed by atoms with E-state index < -0.39 is 0 Å². The second-order valence-electron chi connectivity index (χ2n) is 6.27. The molecule has 0 radical (unpaired) electrons. The number of piperidine rings is 1. The van der Waals surface area contributed by atoms with Crippen LogP contribution in [0.2, 0.25) is 0 Å². The molecule has 1 atom stereocenters. The van der Waals surface area contributed by atoms with E-state index in [1.54, 1.807) is 6.07 Å². The Hall–Kier alpha value is -2.21. The van der Waals surface area contributed by atoms with Crippen LogP contribution in [0.15, 0.2) is 35.0 Å². The van der Waals surface area contributed by atoms with E-state index in [1.165, 1.54) is 0 Å². The second kappa shape index (κ2) is 8.06. The zero-order chi connectivity index (χ0) is 16.8. The van der Waals surface area contributed by atoms with Crippen LogP contribution in [0.3, 0.4) is 0 Å². The lowest BCUT2D eigenvalue weighted by Gasteiger charge is -2.31. The van der Waals surface area contributed by atoms with Gasteiger partial charge in [-0.05, 0) is 37.9 Å². The normalized spacial score (nSPS) is 18.5. The molecule has 0 saturated carbocycles. The highest BCUT2D eigenvalue weighted by atomic mass is 16.5. The largest absolute Gasteiger partial charge is 0.351 e. The molecule has 6 heteroatoms. The molecule has 1 aliphatic heterocycles. The average Bonchev–Trinajstić information content (AvgIpc) is 3.11. The highest BCUT2D eigenvalue weighted by molar-refractivity contribution is 5.91. The maximum absolute atomic E-state index is 11.9. The summed E-state index contributed by atoms with van der Waals surface area (Å²) in [5.74, 6) is 0.427. The van der Waals surface area contributed by atoms with Crippen molar-refractivity contribution in [1.82, 2.24) is 20.4 Å². The smallest absolute Gasteiger partial charge is 0.289 e. The van der Waals surface area contributed by atoms with E-state index in [4.69, 9.17) is 4.52 Å². The third-order valence-corrected chi connectivity index (χ3v) is 4.32. The molecule has 1 N–H and O–H groups in total. The van der Waals surface area contributed by atoms with Crippen LogP contribution < -0.4 is 5.32 Å². The summed E-state index contributed by atoms with van der Waals surface area (Å²) in [5, 5.41) is 6.95. The van der Waals surface area contributed by atoms with Gasteiger partial charge in [-0.3, -0.25) is 14.7 Å². The molecule has 0 spiro atoms. The Morgan fingerprint density at radius 1 is 1.46 bits per heavy atom. The van der Waals surface area contributed by atoms with Crippen molar-refractivity contribution in [1.29, 1.82) is 0 Å². The van der Waals surface area contributed by atoms with E-state index in [0.29, 0.717) is 18.2 Å². The number of likely N-dealkylation sites (tertiary alicyclic amines) is 1. The zero-order valence-corrected chi connectivity index (χ0v) is 14.1. The van der Waals surface area contributed by atoms with Gasteiger partial charge in [-0.15, -0.1) is 0 Å². The molecule has 1 amide bonds. The minimum Gasteiger partial charge on any atom is -0.351 e. The lowest BCUT2D eigenvalue weighted by molar-refractivity contribution is 0.0916. The number of aromatic nitrogens is 2. The summed E-state index contributed by atoms with van der Waals surface area (Å²) in [6, 6.07) is 7.79. The molecule has 24 heavy (non-hydrogen) atoms. The molecule has 0 aliphatic carbocycles. The topological polar surface area (TPSA) is 71.3 Å². The number of hydrogen-bond acceptors (Lipinski definition) is 5. The van der Waals surface area contributed by atoms with Crippen LogP contribution in [0.4, 0.5) is 0 Å². The molecular formula is C18H24N4O2. The van der Waals surface area contributed by atoms with E-state index in [0.717, 1.165) is 50.3 Å². The molecule has 3 heterocycles. The zero-order valence-electron chi connectivity index (χ0n) is 14.1. The summed E-state index contributed by atoms with van der Waals surface area (Å²) in [6.07, 6.45) is 4.91. The molecule has 2 aromatic heterocycles. The number of carbonyl (C=O) groups is 1. The van der Waals surface area contributed by atoms with Gasteiger partial charge in [0.2, 0.25) is 5.76 Å². The van der Waals surface area contributed by atoms with Crippen molar-refractivity contribution in [2.45, 2.75) is 38.6 Å². The molecule has 0 unspecified atom stereocenters. The van der Waals surface area contributed by atoms with Crippen molar-refractivity contribution >= 4 is 5.91 Å². The van der Waals surface area contributed by atoms with Gasteiger partial charge in [0.25, 0.3) is 5.91 Å². The van der Waals surface area contributed by atoms with Crippen LogP contribution in [-0.4, -0.2) is 40.6 Å². The minimum atomic E-state index is -0.184. The summed E-state index contributed by atoms with van der Waals surface area (Å²) in [7, 11) is 0. The SMILES string of the molecule is CCCNC(=O)c1cc([C@H]2CCCN(Cc3ccccn3)C2)no1. The van der Waals surface area contributed by atoms with Gasteiger partial charge >= 0.3 is 0 Å². The Morgan fingerprint density at radius 2 is 2.38 bits per heavy atom. The van der Waals surface area contributed by atoms with Gasteiger partial charge in [0, 0.05) is 37.8 Å². The van der Waals surface area contributed by atoms with Crippen LogP contribution in [0.1, 0.15) is 54.0 Å². The van der Waals surface area contributed by atoms with Crippen molar-refractivity contribution in [3.8, 4) is 0 Å². The first kappa shape index (κ1) is 16.6. The predicted octanol–water partition coefficient (Wildman–Crippen LogP) is 2.59. The molecule has 1 aliphatic rings. The lowest BCUT2D eigenvalue weighted by Crippen LogP contribution is -2.34. The van der Waals surface area contributed by atoms with E-state index in [1.807, 2.05) is 25.3 Å². The number of nitrogens with zero attached hydrogens (tertiary/aromatic N) is 3. The van der Waals surface area contributed by atoms with Crippen LogP contribution >= 0.6 is 0 Å². The molecule has 0 aromatic carbocycles. The molecule has 1 saturated heterocycles. The van der Waals surface area contributed by atoms with E-state index >= 15 is 0 Å². The monoisotopic (exact) mass is 328 g/mol.